The van der Waals surface area contributed by atoms with Crippen LogP contribution in [0.4, 0.5) is 0 Å². The van der Waals surface area contributed by atoms with Gasteiger partial charge in [0, 0.05) is 25.2 Å². The van der Waals surface area contributed by atoms with Gasteiger partial charge in [-0.25, -0.2) is 0 Å². The Morgan fingerprint density at radius 2 is 1.85 bits per heavy atom. The number of fused-ring (bicyclic) bond motifs is 1. The average molecular weight is 462 g/mol. The largest absolute Gasteiger partial charge is 0.356 e. The molecule has 3 aromatic rings. The van der Waals surface area contributed by atoms with Gasteiger partial charge in [-0.2, -0.15) is 0 Å². The van der Waals surface area contributed by atoms with Gasteiger partial charge in [0.05, 0.1) is 6.54 Å². The van der Waals surface area contributed by atoms with E-state index in [-0.39, 0.29) is 29.4 Å². The van der Waals surface area contributed by atoms with Crippen molar-refractivity contribution < 1.29 is 0 Å². The molecule has 0 radical (unpaired) electrons. The second kappa shape index (κ2) is 8.03. The predicted molar refractivity (Wildman–Crippen MR) is 114 cm³/mol. The molecule has 0 amide bonds. The first kappa shape index (κ1) is 18.6. The van der Waals surface area contributed by atoms with Crippen molar-refractivity contribution in [1.82, 2.24) is 25.2 Å². The van der Waals surface area contributed by atoms with E-state index in [1.165, 1.54) is 18.4 Å². The summed E-state index contributed by atoms with van der Waals surface area (Å²) in [6.07, 6.45) is 4.41. The fourth-order valence-corrected chi connectivity index (χ4v) is 3.16. The van der Waals surface area contributed by atoms with Crippen LogP contribution in [0.1, 0.15) is 24.2 Å². The van der Waals surface area contributed by atoms with Crippen molar-refractivity contribution in [2.45, 2.75) is 24.8 Å². The summed E-state index contributed by atoms with van der Waals surface area (Å²) in [7, 11) is 1.79. The van der Waals surface area contributed by atoms with E-state index in [2.05, 4.69) is 56.2 Å². The predicted octanol–water partition coefficient (Wildman–Crippen LogP) is 2.74. The molecule has 1 fully saturated rings. The normalized spacial score (nSPS) is 15.3. The molecule has 0 unspecified atom stereocenters. The van der Waals surface area contributed by atoms with E-state index >= 15 is 0 Å². The molecular formula is C19H23IN6. The Labute approximate surface area is 170 Å². The van der Waals surface area contributed by atoms with Crippen molar-refractivity contribution in [2.75, 3.05) is 13.6 Å². The van der Waals surface area contributed by atoms with Gasteiger partial charge in [-0.1, -0.05) is 36.4 Å². The van der Waals surface area contributed by atoms with Crippen LogP contribution in [0.15, 0.2) is 59.7 Å². The molecule has 2 aromatic heterocycles. The molecule has 2 N–H and O–H groups in total. The zero-order valence-electron chi connectivity index (χ0n) is 14.7. The van der Waals surface area contributed by atoms with Crippen LogP contribution in [0, 0.1) is 0 Å². The highest BCUT2D eigenvalue weighted by Gasteiger charge is 2.43. The molecule has 7 heteroatoms. The maximum atomic E-state index is 4.33. The Bertz CT molecular complexity index is 885. The summed E-state index contributed by atoms with van der Waals surface area (Å²) in [6.45, 7) is 1.46. The number of rotatable bonds is 5. The Hall–Kier alpha value is -2.16. The Balaban J connectivity index is 0.00000196. The highest BCUT2D eigenvalue weighted by atomic mass is 127. The second-order valence-corrected chi connectivity index (χ2v) is 6.47. The van der Waals surface area contributed by atoms with Gasteiger partial charge in [0.25, 0.3) is 0 Å². The lowest BCUT2D eigenvalue weighted by atomic mass is 9.96. The third kappa shape index (κ3) is 3.82. The maximum absolute atomic E-state index is 4.33. The molecule has 26 heavy (non-hydrogen) atoms. The van der Waals surface area contributed by atoms with Crippen molar-refractivity contribution in [2.24, 2.45) is 4.99 Å². The van der Waals surface area contributed by atoms with E-state index in [0.29, 0.717) is 6.54 Å². The van der Waals surface area contributed by atoms with Gasteiger partial charge < -0.3 is 10.6 Å². The summed E-state index contributed by atoms with van der Waals surface area (Å²) in [4.78, 5) is 4.33. The van der Waals surface area contributed by atoms with E-state index in [1.54, 1.807) is 7.05 Å². The summed E-state index contributed by atoms with van der Waals surface area (Å²) < 4.78 is 1.98. The van der Waals surface area contributed by atoms with Crippen LogP contribution >= 0.6 is 24.0 Å². The number of hydrogen-bond acceptors (Lipinski definition) is 3. The van der Waals surface area contributed by atoms with Gasteiger partial charge in [0.2, 0.25) is 0 Å². The first-order valence-corrected chi connectivity index (χ1v) is 8.59. The van der Waals surface area contributed by atoms with E-state index in [0.717, 1.165) is 24.0 Å². The Morgan fingerprint density at radius 1 is 1.08 bits per heavy atom. The molecule has 1 aliphatic rings. The van der Waals surface area contributed by atoms with Gasteiger partial charge in [-0.05, 0) is 30.5 Å². The van der Waals surface area contributed by atoms with Crippen LogP contribution < -0.4 is 10.6 Å². The lowest BCUT2D eigenvalue weighted by Crippen LogP contribution is -2.41. The molecule has 0 bridgehead atoms. The summed E-state index contributed by atoms with van der Waals surface area (Å²) in [6, 6.07) is 16.6. The molecule has 2 heterocycles. The van der Waals surface area contributed by atoms with Gasteiger partial charge in [0.1, 0.15) is 0 Å². The van der Waals surface area contributed by atoms with E-state index in [9.17, 15) is 0 Å². The Kier molecular flexibility index (Phi) is 5.75. The summed E-state index contributed by atoms with van der Waals surface area (Å²) in [5, 5.41) is 15.2. The number of halogens is 1. The number of guanidine groups is 1. The van der Waals surface area contributed by atoms with Crippen molar-refractivity contribution in [1.29, 1.82) is 0 Å². The molecule has 0 saturated heterocycles. The zero-order chi connectivity index (χ0) is 17.1. The molecule has 136 valence electrons. The molecule has 0 aliphatic heterocycles. The number of nitrogens with zero attached hydrogens (tertiary/aromatic N) is 4. The SMILES string of the molecule is CN=C(NCc1nnc2ccccn12)NCC1(c2ccccc2)CC1.I. The molecule has 4 rings (SSSR count). The lowest BCUT2D eigenvalue weighted by Gasteiger charge is -2.18. The van der Waals surface area contributed by atoms with Crippen LogP contribution in [0.25, 0.3) is 5.65 Å². The second-order valence-electron chi connectivity index (χ2n) is 6.47. The lowest BCUT2D eigenvalue weighted by molar-refractivity contribution is 0.642. The minimum atomic E-state index is 0. The minimum Gasteiger partial charge on any atom is -0.356 e. The van der Waals surface area contributed by atoms with Gasteiger partial charge in [0.15, 0.2) is 17.4 Å². The number of pyridine rings is 1. The number of benzene rings is 1. The standard InChI is InChI=1S/C19H22N6.HI/c1-20-18(21-13-17-24-23-16-9-5-6-12-25(16)17)22-14-19(10-11-19)15-7-3-2-4-8-15;/h2-9,12H,10-11,13-14H2,1H3,(H2,20,21,22);1H. The van der Waals surface area contributed by atoms with Crippen molar-refractivity contribution >= 4 is 35.6 Å². The van der Waals surface area contributed by atoms with Gasteiger partial charge >= 0.3 is 0 Å². The molecule has 1 saturated carbocycles. The third-order valence-corrected chi connectivity index (χ3v) is 4.86. The first-order chi connectivity index (χ1) is 12.3. The highest BCUT2D eigenvalue weighted by molar-refractivity contribution is 14.0. The summed E-state index contributed by atoms with van der Waals surface area (Å²) in [5.74, 6) is 1.65. The molecule has 6 nitrogen and oxygen atoms in total. The fraction of sp³-hybridized carbons (Fsp3) is 0.316. The van der Waals surface area contributed by atoms with Crippen LogP contribution in [0.3, 0.4) is 0 Å². The van der Waals surface area contributed by atoms with Crippen LogP contribution in [-0.4, -0.2) is 34.2 Å². The van der Waals surface area contributed by atoms with E-state index in [4.69, 9.17) is 0 Å². The van der Waals surface area contributed by atoms with E-state index < -0.39 is 0 Å². The smallest absolute Gasteiger partial charge is 0.191 e. The topological polar surface area (TPSA) is 66.6 Å². The fourth-order valence-electron chi connectivity index (χ4n) is 3.16. The van der Waals surface area contributed by atoms with Crippen LogP contribution in [0.2, 0.25) is 0 Å². The van der Waals surface area contributed by atoms with Crippen molar-refractivity contribution in [3.63, 3.8) is 0 Å². The zero-order valence-corrected chi connectivity index (χ0v) is 17.1. The Morgan fingerprint density at radius 3 is 2.58 bits per heavy atom. The van der Waals surface area contributed by atoms with Gasteiger partial charge in [-0.15, -0.1) is 34.2 Å². The average Bonchev–Trinajstić information content (AvgIpc) is 3.36. The molecule has 1 aromatic carbocycles. The summed E-state index contributed by atoms with van der Waals surface area (Å²) in [5.41, 5.74) is 2.50. The molecule has 0 spiro atoms. The summed E-state index contributed by atoms with van der Waals surface area (Å²) >= 11 is 0. The molecular weight excluding hydrogens is 439 g/mol. The molecule has 1 aliphatic carbocycles. The minimum absolute atomic E-state index is 0. The number of aromatic nitrogens is 3. The third-order valence-electron chi connectivity index (χ3n) is 4.86. The van der Waals surface area contributed by atoms with Crippen LogP contribution in [-0.2, 0) is 12.0 Å². The number of aliphatic imine (C=N–C) groups is 1. The quantitative estimate of drug-likeness (QED) is 0.348. The highest BCUT2D eigenvalue weighted by Crippen LogP contribution is 2.47. The monoisotopic (exact) mass is 462 g/mol. The maximum Gasteiger partial charge on any atom is 0.191 e. The number of nitrogens with one attached hydrogen (secondary N) is 2. The van der Waals surface area contributed by atoms with E-state index in [1.807, 2.05) is 28.8 Å². The van der Waals surface area contributed by atoms with Crippen LogP contribution in [0.5, 0.6) is 0 Å². The number of hydrogen-bond donors (Lipinski definition) is 2. The molecule has 0 atom stereocenters. The first-order valence-electron chi connectivity index (χ1n) is 8.59. The van der Waals surface area contributed by atoms with Gasteiger partial charge in [-0.3, -0.25) is 9.39 Å². The van der Waals surface area contributed by atoms with Crippen molar-refractivity contribution in [3.8, 4) is 0 Å². The van der Waals surface area contributed by atoms with Crippen molar-refractivity contribution in [3.05, 3.63) is 66.1 Å².